The first-order valence-electron chi connectivity index (χ1n) is 5.84. The van der Waals surface area contributed by atoms with Gasteiger partial charge in [0, 0.05) is 5.02 Å². The summed E-state index contributed by atoms with van der Waals surface area (Å²) in [6.45, 7) is 0. The third-order valence-corrected chi connectivity index (χ3v) is 3.97. The second kappa shape index (κ2) is 3.86. The van der Waals surface area contributed by atoms with Gasteiger partial charge in [0.2, 0.25) is 0 Å². The van der Waals surface area contributed by atoms with Gasteiger partial charge in [-0.15, -0.1) is 0 Å². The molecule has 1 aliphatic carbocycles. The normalized spacial score (nSPS) is 22.5. The summed E-state index contributed by atoms with van der Waals surface area (Å²) in [5, 5.41) is 0.756. The van der Waals surface area contributed by atoms with Crippen LogP contribution >= 0.6 is 11.6 Å². The van der Waals surface area contributed by atoms with Gasteiger partial charge in [0.05, 0.1) is 5.54 Å². The first-order valence-corrected chi connectivity index (χ1v) is 6.22. The van der Waals surface area contributed by atoms with Crippen LogP contribution in [0.4, 0.5) is 0 Å². The lowest BCUT2D eigenvalue weighted by molar-refractivity contribution is 0.535. The van der Waals surface area contributed by atoms with E-state index in [-0.39, 0.29) is 0 Å². The summed E-state index contributed by atoms with van der Waals surface area (Å²) in [5.41, 5.74) is 9.78. The number of aryl methyl sites for hydroxylation is 1. The molecule has 0 aliphatic heterocycles. The summed E-state index contributed by atoms with van der Waals surface area (Å²) in [6, 6.07) is 16.3. The standard InChI is InChI=1S/C15H14ClN/c16-14-8-4-3-7-13(14)15(17)10-9-11-5-1-2-6-12(11)15/h1-8H,9-10,17H2. The van der Waals surface area contributed by atoms with Crippen LogP contribution in [-0.2, 0) is 12.0 Å². The number of halogens is 1. The Morgan fingerprint density at radius 1 is 0.941 bits per heavy atom. The van der Waals surface area contributed by atoms with Crippen molar-refractivity contribution in [2.24, 2.45) is 5.73 Å². The smallest absolute Gasteiger partial charge is 0.0686 e. The molecule has 1 nitrogen and oxygen atoms in total. The summed E-state index contributed by atoms with van der Waals surface area (Å²) in [4.78, 5) is 0. The summed E-state index contributed by atoms with van der Waals surface area (Å²) in [5.74, 6) is 0. The van der Waals surface area contributed by atoms with E-state index in [1.165, 1.54) is 11.1 Å². The molecule has 2 aromatic carbocycles. The molecule has 2 heteroatoms. The number of nitrogens with two attached hydrogens (primary N) is 1. The summed E-state index contributed by atoms with van der Waals surface area (Å²) < 4.78 is 0. The van der Waals surface area contributed by atoms with E-state index in [9.17, 15) is 0 Å². The van der Waals surface area contributed by atoms with Gasteiger partial charge >= 0.3 is 0 Å². The van der Waals surface area contributed by atoms with E-state index in [2.05, 4.69) is 18.2 Å². The van der Waals surface area contributed by atoms with E-state index < -0.39 is 5.54 Å². The number of benzene rings is 2. The van der Waals surface area contributed by atoms with Crippen molar-refractivity contribution in [2.45, 2.75) is 18.4 Å². The van der Waals surface area contributed by atoms with Crippen molar-refractivity contribution in [3.05, 3.63) is 70.2 Å². The quantitative estimate of drug-likeness (QED) is 0.815. The zero-order valence-corrected chi connectivity index (χ0v) is 10.2. The number of hydrogen-bond donors (Lipinski definition) is 1. The molecule has 0 saturated heterocycles. The Bertz CT molecular complexity index is 564. The molecule has 0 radical (unpaired) electrons. The molecule has 2 N–H and O–H groups in total. The molecule has 3 rings (SSSR count). The molecule has 1 aliphatic rings. The van der Waals surface area contributed by atoms with Gasteiger partial charge in [0.15, 0.2) is 0 Å². The fourth-order valence-corrected chi connectivity index (χ4v) is 3.05. The van der Waals surface area contributed by atoms with E-state index in [0.717, 1.165) is 23.4 Å². The lowest BCUT2D eigenvalue weighted by Crippen LogP contribution is -2.35. The van der Waals surface area contributed by atoms with Crippen LogP contribution < -0.4 is 5.73 Å². The predicted molar refractivity (Wildman–Crippen MR) is 71.2 cm³/mol. The van der Waals surface area contributed by atoms with Crippen molar-refractivity contribution in [1.29, 1.82) is 0 Å². The van der Waals surface area contributed by atoms with Gasteiger partial charge in [-0.25, -0.2) is 0 Å². The Morgan fingerprint density at radius 3 is 2.35 bits per heavy atom. The van der Waals surface area contributed by atoms with Crippen molar-refractivity contribution < 1.29 is 0 Å². The minimum Gasteiger partial charge on any atom is -0.318 e. The second-order valence-corrected chi connectivity index (χ2v) is 5.02. The van der Waals surface area contributed by atoms with Crippen LogP contribution in [-0.4, -0.2) is 0 Å². The maximum absolute atomic E-state index is 6.61. The van der Waals surface area contributed by atoms with Crippen LogP contribution in [0, 0.1) is 0 Å². The van der Waals surface area contributed by atoms with Gasteiger partial charge in [0.1, 0.15) is 0 Å². The highest BCUT2D eigenvalue weighted by molar-refractivity contribution is 6.31. The molecular weight excluding hydrogens is 230 g/mol. The lowest BCUT2D eigenvalue weighted by Gasteiger charge is -2.27. The van der Waals surface area contributed by atoms with Gasteiger partial charge in [-0.2, -0.15) is 0 Å². The fraction of sp³-hybridized carbons (Fsp3) is 0.200. The van der Waals surface area contributed by atoms with Crippen molar-refractivity contribution in [2.75, 3.05) is 0 Å². The van der Waals surface area contributed by atoms with Gasteiger partial charge in [-0.1, -0.05) is 54.1 Å². The van der Waals surface area contributed by atoms with Crippen molar-refractivity contribution >= 4 is 11.6 Å². The molecule has 1 atom stereocenters. The molecule has 0 fully saturated rings. The molecule has 0 amide bonds. The van der Waals surface area contributed by atoms with E-state index in [1.807, 2.05) is 30.3 Å². The van der Waals surface area contributed by atoms with Crippen LogP contribution in [0.15, 0.2) is 48.5 Å². The first-order chi connectivity index (χ1) is 8.22. The van der Waals surface area contributed by atoms with Gasteiger partial charge in [-0.05, 0) is 35.6 Å². The van der Waals surface area contributed by atoms with Gasteiger partial charge in [0.25, 0.3) is 0 Å². The van der Waals surface area contributed by atoms with Crippen LogP contribution in [0.1, 0.15) is 23.1 Å². The summed E-state index contributed by atoms with van der Waals surface area (Å²) >= 11 is 6.28. The fourth-order valence-electron chi connectivity index (χ4n) is 2.74. The number of rotatable bonds is 1. The average Bonchev–Trinajstić information content (AvgIpc) is 2.70. The highest BCUT2D eigenvalue weighted by Crippen LogP contribution is 2.42. The highest BCUT2D eigenvalue weighted by atomic mass is 35.5. The number of hydrogen-bond acceptors (Lipinski definition) is 1. The molecule has 0 heterocycles. The molecule has 0 bridgehead atoms. The third kappa shape index (κ3) is 1.58. The van der Waals surface area contributed by atoms with E-state index >= 15 is 0 Å². The van der Waals surface area contributed by atoms with E-state index in [1.54, 1.807) is 0 Å². The maximum atomic E-state index is 6.61. The monoisotopic (exact) mass is 243 g/mol. The van der Waals surface area contributed by atoms with Gasteiger partial charge in [-0.3, -0.25) is 0 Å². The van der Waals surface area contributed by atoms with E-state index in [4.69, 9.17) is 17.3 Å². The van der Waals surface area contributed by atoms with Crippen LogP contribution in [0.5, 0.6) is 0 Å². The Hall–Kier alpha value is -1.31. The predicted octanol–water partition coefficient (Wildman–Crippen LogP) is 3.49. The minimum atomic E-state index is -0.422. The van der Waals surface area contributed by atoms with Crippen LogP contribution in [0.25, 0.3) is 0 Å². The Morgan fingerprint density at radius 2 is 1.59 bits per heavy atom. The molecule has 17 heavy (non-hydrogen) atoms. The third-order valence-electron chi connectivity index (χ3n) is 3.64. The molecule has 1 unspecified atom stereocenters. The van der Waals surface area contributed by atoms with Gasteiger partial charge < -0.3 is 5.73 Å². The minimum absolute atomic E-state index is 0.422. The van der Waals surface area contributed by atoms with Crippen molar-refractivity contribution in [3.8, 4) is 0 Å². The van der Waals surface area contributed by atoms with Crippen LogP contribution in [0.3, 0.4) is 0 Å². The van der Waals surface area contributed by atoms with E-state index in [0.29, 0.717) is 0 Å². The number of fused-ring (bicyclic) bond motifs is 1. The summed E-state index contributed by atoms with van der Waals surface area (Å²) in [6.07, 6.45) is 1.95. The second-order valence-electron chi connectivity index (χ2n) is 4.61. The van der Waals surface area contributed by atoms with Crippen LogP contribution in [0.2, 0.25) is 5.02 Å². The largest absolute Gasteiger partial charge is 0.318 e. The zero-order chi connectivity index (χ0) is 11.9. The molecule has 86 valence electrons. The van der Waals surface area contributed by atoms with Crippen molar-refractivity contribution in [1.82, 2.24) is 0 Å². The average molecular weight is 244 g/mol. The highest BCUT2D eigenvalue weighted by Gasteiger charge is 2.37. The molecule has 0 aromatic heterocycles. The SMILES string of the molecule is NC1(c2ccccc2Cl)CCc2ccccc21. The molecule has 0 saturated carbocycles. The molecular formula is C15H14ClN. The molecule has 0 spiro atoms. The van der Waals surface area contributed by atoms with Crippen molar-refractivity contribution in [3.63, 3.8) is 0 Å². The lowest BCUT2D eigenvalue weighted by atomic mass is 9.85. The molecule has 2 aromatic rings. The summed E-state index contributed by atoms with van der Waals surface area (Å²) in [7, 11) is 0. The first kappa shape index (κ1) is 10.8. The Kier molecular flexibility index (Phi) is 2.46. The Labute approximate surface area is 106 Å². The zero-order valence-electron chi connectivity index (χ0n) is 9.49. The maximum Gasteiger partial charge on any atom is 0.0686 e. The topological polar surface area (TPSA) is 26.0 Å². The Balaban J connectivity index is 2.19.